The summed E-state index contributed by atoms with van der Waals surface area (Å²) < 4.78 is 10.6. The lowest BCUT2D eigenvalue weighted by atomic mass is 10.0. The maximum atomic E-state index is 12.1. The standard InChI is InChI=1S/C20H20N2O3S/c1-13-7-8-17(14(2)9-13)18-12-26-20(21-18)22-19(23)11-25-16-6-4-5-15(10-16)24-3/h4-10,12H,11H2,1-3H3,(H,21,22,23). The number of methoxy groups -OCH3 is 1. The second kappa shape index (κ2) is 8.01. The molecule has 0 radical (unpaired) electrons. The SMILES string of the molecule is COc1cccc(OCC(=O)Nc2nc(-c3ccc(C)cc3C)cs2)c1. The first-order valence-electron chi connectivity index (χ1n) is 8.15. The zero-order valence-corrected chi connectivity index (χ0v) is 15.7. The molecule has 5 nitrogen and oxygen atoms in total. The molecule has 0 aliphatic heterocycles. The van der Waals surface area contributed by atoms with E-state index in [4.69, 9.17) is 9.47 Å². The first kappa shape index (κ1) is 17.9. The van der Waals surface area contributed by atoms with Crippen LogP contribution in [0.1, 0.15) is 11.1 Å². The van der Waals surface area contributed by atoms with Crippen molar-refractivity contribution in [2.75, 3.05) is 19.0 Å². The van der Waals surface area contributed by atoms with Crippen molar-refractivity contribution >= 4 is 22.4 Å². The fourth-order valence-electron chi connectivity index (χ4n) is 2.55. The molecule has 3 aromatic rings. The topological polar surface area (TPSA) is 60.5 Å². The Morgan fingerprint density at radius 2 is 1.96 bits per heavy atom. The third-order valence-electron chi connectivity index (χ3n) is 3.82. The van der Waals surface area contributed by atoms with Gasteiger partial charge in [0.2, 0.25) is 0 Å². The van der Waals surface area contributed by atoms with Crippen molar-refractivity contribution in [3.63, 3.8) is 0 Å². The number of benzene rings is 2. The molecule has 0 fully saturated rings. The quantitative estimate of drug-likeness (QED) is 0.698. The highest BCUT2D eigenvalue weighted by molar-refractivity contribution is 7.14. The van der Waals surface area contributed by atoms with Gasteiger partial charge in [0.05, 0.1) is 12.8 Å². The number of carbonyl (C=O) groups is 1. The predicted octanol–water partition coefficient (Wildman–Crippen LogP) is 4.45. The van der Waals surface area contributed by atoms with Gasteiger partial charge in [-0.05, 0) is 31.5 Å². The van der Waals surface area contributed by atoms with E-state index in [9.17, 15) is 4.79 Å². The fraction of sp³-hybridized carbons (Fsp3) is 0.200. The minimum Gasteiger partial charge on any atom is -0.497 e. The molecule has 0 saturated carbocycles. The molecular formula is C20H20N2O3S. The summed E-state index contributed by atoms with van der Waals surface area (Å²) >= 11 is 1.39. The number of ether oxygens (including phenoxy) is 2. The molecule has 3 rings (SSSR count). The fourth-order valence-corrected chi connectivity index (χ4v) is 3.28. The molecule has 2 aromatic carbocycles. The summed E-state index contributed by atoms with van der Waals surface area (Å²) in [5.74, 6) is 1.00. The summed E-state index contributed by atoms with van der Waals surface area (Å²) in [5.41, 5.74) is 4.30. The van der Waals surface area contributed by atoms with E-state index in [1.165, 1.54) is 16.9 Å². The van der Waals surface area contributed by atoms with Crippen LogP contribution < -0.4 is 14.8 Å². The largest absolute Gasteiger partial charge is 0.497 e. The van der Waals surface area contributed by atoms with E-state index >= 15 is 0 Å². The summed E-state index contributed by atoms with van der Waals surface area (Å²) in [7, 11) is 1.58. The van der Waals surface area contributed by atoms with E-state index in [0.29, 0.717) is 16.6 Å². The van der Waals surface area contributed by atoms with Crippen LogP contribution >= 0.6 is 11.3 Å². The second-order valence-corrected chi connectivity index (χ2v) is 6.73. The molecule has 0 saturated heterocycles. The highest BCUT2D eigenvalue weighted by Gasteiger charge is 2.10. The number of nitrogens with one attached hydrogen (secondary N) is 1. The zero-order valence-electron chi connectivity index (χ0n) is 14.9. The van der Waals surface area contributed by atoms with Crippen LogP contribution in [0, 0.1) is 13.8 Å². The van der Waals surface area contributed by atoms with Crippen molar-refractivity contribution in [3.8, 4) is 22.8 Å². The molecule has 0 aliphatic rings. The average Bonchev–Trinajstić information content (AvgIpc) is 3.08. The summed E-state index contributed by atoms with van der Waals surface area (Å²) in [6.45, 7) is 4.03. The number of hydrogen-bond donors (Lipinski definition) is 1. The number of aromatic nitrogens is 1. The van der Waals surface area contributed by atoms with Crippen molar-refractivity contribution < 1.29 is 14.3 Å². The third-order valence-corrected chi connectivity index (χ3v) is 4.58. The van der Waals surface area contributed by atoms with Gasteiger partial charge in [0.15, 0.2) is 11.7 Å². The lowest BCUT2D eigenvalue weighted by Gasteiger charge is -2.07. The number of rotatable bonds is 6. The van der Waals surface area contributed by atoms with Gasteiger partial charge in [-0.15, -0.1) is 11.3 Å². The van der Waals surface area contributed by atoms with Gasteiger partial charge in [-0.3, -0.25) is 10.1 Å². The van der Waals surface area contributed by atoms with E-state index < -0.39 is 0 Å². The third kappa shape index (κ3) is 4.40. The Kier molecular flexibility index (Phi) is 5.53. The van der Waals surface area contributed by atoms with E-state index in [1.807, 2.05) is 17.5 Å². The maximum absolute atomic E-state index is 12.1. The van der Waals surface area contributed by atoms with Crippen LogP contribution in [0.25, 0.3) is 11.3 Å². The lowest BCUT2D eigenvalue weighted by molar-refractivity contribution is -0.118. The minimum absolute atomic E-state index is 0.0916. The minimum atomic E-state index is -0.255. The molecule has 26 heavy (non-hydrogen) atoms. The molecule has 0 spiro atoms. The van der Waals surface area contributed by atoms with Crippen LogP contribution in [0.4, 0.5) is 5.13 Å². The monoisotopic (exact) mass is 368 g/mol. The number of thiazole rings is 1. The van der Waals surface area contributed by atoms with Gasteiger partial charge in [-0.2, -0.15) is 0 Å². The van der Waals surface area contributed by atoms with E-state index in [0.717, 1.165) is 16.8 Å². The van der Waals surface area contributed by atoms with Crippen molar-refractivity contribution in [2.45, 2.75) is 13.8 Å². The first-order valence-corrected chi connectivity index (χ1v) is 9.03. The van der Waals surface area contributed by atoms with Gasteiger partial charge in [-0.1, -0.05) is 29.8 Å². The summed E-state index contributed by atoms with van der Waals surface area (Å²) in [6.07, 6.45) is 0. The number of hydrogen-bond acceptors (Lipinski definition) is 5. The van der Waals surface area contributed by atoms with Gasteiger partial charge >= 0.3 is 0 Å². The molecule has 0 unspecified atom stereocenters. The average molecular weight is 368 g/mol. The second-order valence-electron chi connectivity index (χ2n) is 5.87. The van der Waals surface area contributed by atoms with Crippen molar-refractivity contribution in [1.29, 1.82) is 0 Å². The van der Waals surface area contributed by atoms with Gasteiger partial charge in [0.25, 0.3) is 5.91 Å². The Morgan fingerprint density at radius 1 is 1.15 bits per heavy atom. The molecule has 6 heteroatoms. The highest BCUT2D eigenvalue weighted by Crippen LogP contribution is 2.28. The van der Waals surface area contributed by atoms with E-state index in [1.54, 1.807) is 19.2 Å². The Bertz CT molecular complexity index is 921. The smallest absolute Gasteiger partial charge is 0.264 e. The summed E-state index contributed by atoms with van der Waals surface area (Å²) in [4.78, 5) is 16.6. The van der Waals surface area contributed by atoms with Gasteiger partial charge < -0.3 is 9.47 Å². The molecule has 0 bridgehead atoms. The van der Waals surface area contributed by atoms with Crippen LogP contribution in [0.3, 0.4) is 0 Å². The van der Waals surface area contributed by atoms with E-state index in [2.05, 4.69) is 42.3 Å². The Morgan fingerprint density at radius 3 is 2.73 bits per heavy atom. The van der Waals surface area contributed by atoms with Crippen LogP contribution in [0.2, 0.25) is 0 Å². The number of nitrogens with zero attached hydrogens (tertiary/aromatic N) is 1. The molecule has 0 aliphatic carbocycles. The number of anilines is 1. The molecular weight excluding hydrogens is 348 g/mol. The number of aryl methyl sites for hydroxylation is 2. The van der Waals surface area contributed by atoms with Crippen molar-refractivity contribution in [2.24, 2.45) is 0 Å². The molecule has 1 amide bonds. The summed E-state index contributed by atoms with van der Waals surface area (Å²) in [5, 5.41) is 5.27. The number of carbonyl (C=O) groups excluding carboxylic acids is 1. The Labute approximate surface area is 156 Å². The zero-order chi connectivity index (χ0) is 18.5. The molecule has 134 valence electrons. The Hall–Kier alpha value is -2.86. The maximum Gasteiger partial charge on any atom is 0.264 e. The van der Waals surface area contributed by atoms with E-state index in [-0.39, 0.29) is 12.5 Å². The number of amides is 1. The first-order chi connectivity index (χ1) is 12.5. The van der Waals surface area contributed by atoms with Crippen molar-refractivity contribution in [3.05, 3.63) is 59.0 Å². The van der Waals surface area contributed by atoms with Gasteiger partial charge in [0, 0.05) is 17.0 Å². The Balaban J connectivity index is 1.60. The van der Waals surface area contributed by atoms with Gasteiger partial charge in [-0.25, -0.2) is 4.98 Å². The summed E-state index contributed by atoms with van der Waals surface area (Å²) in [6, 6.07) is 13.4. The highest BCUT2D eigenvalue weighted by atomic mass is 32.1. The molecule has 1 heterocycles. The normalized spacial score (nSPS) is 10.4. The predicted molar refractivity (Wildman–Crippen MR) is 104 cm³/mol. The van der Waals surface area contributed by atoms with Crippen molar-refractivity contribution in [1.82, 2.24) is 4.98 Å². The van der Waals surface area contributed by atoms with Crippen LogP contribution in [-0.4, -0.2) is 24.6 Å². The van der Waals surface area contributed by atoms with Crippen LogP contribution in [0.15, 0.2) is 47.8 Å². The lowest BCUT2D eigenvalue weighted by Crippen LogP contribution is -2.20. The molecule has 1 aromatic heterocycles. The molecule has 1 N–H and O–H groups in total. The molecule has 0 atom stereocenters. The van der Waals surface area contributed by atoms with Crippen LogP contribution in [-0.2, 0) is 4.79 Å². The van der Waals surface area contributed by atoms with Crippen LogP contribution in [0.5, 0.6) is 11.5 Å². The van der Waals surface area contributed by atoms with Gasteiger partial charge in [0.1, 0.15) is 11.5 Å².